The molecule has 3 aromatic rings. The van der Waals surface area contributed by atoms with Gasteiger partial charge in [0.05, 0.1) is 18.7 Å². The van der Waals surface area contributed by atoms with Crippen molar-refractivity contribution < 1.29 is 14.1 Å². The normalized spacial score (nSPS) is 16.3. The predicted molar refractivity (Wildman–Crippen MR) is 118 cm³/mol. The summed E-state index contributed by atoms with van der Waals surface area (Å²) in [4.78, 5) is 19.0. The smallest absolute Gasteiger partial charge is 0.322 e. The summed E-state index contributed by atoms with van der Waals surface area (Å²) in [6.07, 6.45) is 1.68. The van der Waals surface area contributed by atoms with Gasteiger partial charge in [-0.15, -0.1) is 6.58 Å². The fourth-order valence-corrected chi connectivity index (χ4v) is 3.61. The number of allylic oxidation sites excluding steroid dienone is 1. The van der Waals surface area contributed by atoms with Gasteiger partial charge in [0.1, 0.15) is 5.75 Å². The third kappa shape index (κ3) is 3.94. The molecule has 1 N–H and O–H groups in total. The van der Waals surface area contributed by atoms with E-state index in [2.05, 4.69) is 22.0 Å². The van der Waals surface area contributed by atoms with Crippen LogP contribution in [-0.4, -0.2) is 34.7 Å². The molecule has 0 fully saturated rings. The van der Waals surface area contributed by atoms with E-state index in [1.807, 2.05) is 62.4 Å². The number of hydrogen-bond donors (Lipinski definition) is 1. The van der Waals surface area contributed by atoms with E-state index in [0.717, 1.165) is 33.7 Å². The Kier molecular flexibility index (Phi) is 5.58. The number of ether oxygens (including phenoxy) is 1. The monoisotopic (exact) mass is 416 g/mol. The molecule has 1 aliphatic heterocycles. The van der Waals surface area contributed by atoms with E-state index in [4.69, 9.17) is 9.26 Å². The van der Waals surface area contributed by atoms with Crippen LogP contribution >= 0.6 is 0 Å². The summed E-state index contributed by atoms with van der Waals surface area (Å²) in [5.41, 5.74) is 4.40. The molecule has 2 heterocycles. The fourth-order valence-electron chi connectivity index (χ4n) is 3.61. The first-order valence-electron chi connectivity index (χ1n) is 9.96. The number of amides is 2. The molecule has 1 atom stereocenters. The largest absolute Gasteiger partial charge is 0.497 e. The molecule has 0 radical (unpaired) electrons. The standard InChI is InChI=1S/C24H24N4O3/c1-5-14-28-16(3)20(21(25-24(28)29)17-8-6-15(2)7-9-17)23-26-22(27-31-23)18-10-12-19(30-4)13-11-18/h5-13,21H,1,14H2,2-4H3,(H,25,29). The number of carbonyl (C=O) groups excluding carboxylic acids is 1. The molecule has 0 aliphatic carbocycles. The number of nitrogens with one attached hydrogen (secondary N) is 1. The van der Waals surface area contributed by atoms with Crippen LogP contribution in [0.5, 0.6) is 5.75 Å². The van der Waals surface area contributed by atoms with Gasteiger partial charge >= 0.3 is 6.03 Å². The second-order valence-corrected chi connectivity index (χ2v) is 7.34. The highest BCUT2D eigenvalue weighted by atomic mass is 16.5. The van der Waals surface area contributed by atoms with Crippen LogP contribution in [0.3, 0.4) is 0 Å². The number of nitrogens with zero attached hydrogens (tertiary/aromatic N) is 3. The highest BCUT2D eigenvalue weighted by molar-refractivity contribution is 5.87. The summed E-state index contributed by atoms with van der Waals surface area (Å²) in [5, 5.41) is 7.24. The predicted octanol–water partition coefficient (Wildman–Crippen LogP) is 4.74. The highest BCUT2D eigenvalue weighted by Gasteiger charge is 2.35. The Morgan fingerprint density at radius 1 is 1.16 bits per heavy atom. The van der Waals surface area contributed by atoms with Gasteiger partial charge in [-0.05, 0) is 43.7 Å². The molecule has 0 saturated carbocycles. The number of methoxy groups -OCH3 is 1. The molecule has 1 aromatic heterocycles. The lowest BCUT2D eigenvalue weighted by molar-refractivity contribution is 0.209. The molecule has 2 amide bonds. The Labute approximate surface area is 181 Å². The second kappa shape index (κ2) is 8.47. The molecule has 31 heavy (non-hydrogen) atoms. The first-order chi connectivity index (χ1) is 15.0. The van der Waals surface area contributed by atoms with Crippen molar-refractivity contribution in [2.45, 2.75) is 19.9 Å². The van der Waals surface area contributed by atoms with Crippen molar-refractivity contribution in [3.05, 3.63) is 83.9 Å². The van der Waals surface area contributed by atoms with Crippen molar-refractivity contribution in [2.24, 2.45) is 0 Å². The van der Waals surface area contributed by atoms with Crippen LogP contribution in [0, 0.1) is 6.92 Å². The van der Waals surface area contributed by atoms with Gasteiger partial charge in [-0.25, -0.2) is 4.79 Å². The Morgan fingerprint density at radius 2 is 1.87 bits per heavy atom. The first-order valence-corrected chi connectivity index (χ1v) is 9.96. The summed E-state index contributed by atoms with van der Waals surface area (Å²) in [6, 6.07) is 14.9. The zero-order valence-corrected chi connectivity index (χ0v) is 17.8. The number of rotatable bonds is 6. The van der Waals surface area contributed by atoms with E-state index < -0.39 is 6.04 Å². The Hall–Kier alpha value is -3.87. The van der Waals surface area contributed by atoms with Crippen molar-refractivity contribution >= 4 is 11.6 Å². The first kappa shape index (κ1) is 20.4. The maximum Gasteiger partial charge on any atom is 0.322 e. The summed E-state index contributed by atoms with van der Waals surface area (Å²) >= 11 is 0. The molecule has 2 aromatic carbocycles. The highest BCUT2D eigenvalue weighted by Crippen LogP contribution is 2.37. The van der Waals surface area contributed by atoms with Crippen molar-refractivity contribution in [3.63, 3.8) is 0 Å². The topological polar surface area (TPSA) is 80.5 Å². The molecule has 7 nitrogen and oxygen atoms in total. The molecule has 4 rings (SSSR count). The van der Waals surface area contributed by atoms with Gasteiger partial charge in [0.25, 0.3) is 5.89 Å². The summed E-state index contributed by atoms with van der Waals surface area (Å²) in [6.45, 7) is 8.05. The van der Waals surface area contributed by atoms with Crippen LogP contribution in [0.2, 0.25) is 0 Å². The van der Waals surface area contributed by atoms with Gasteiger partial charge in [0, 0.05) is 17.8 Å². The molecule has 1 unspecified atom stereocenters. The SMILES string of the molecule is C=CCN1C(=O)NC(c2ccc(C)cc2)C(c2nc(-c3ccc(OC)cc3)no2)=C1C. The van der Waals surface area contributed by atoms with Crippen LogP contribution in [0.1, 0.15) is 30.0 Å². The van der Waals surface area contributed by atoms with E-state index in [-0.39, 0.29) is 6.03 Å². The van der Waals surface area contributed by atoms with Gasteiger partial charge in [0.15, 0.2) is 0 Å². The lowest BCUT2D eigenvalue weighted by Gasteiger charge is -2.34. The number of aromatic nitrogens is 2. The minimum atomic E-state index is -0.404. The number of benzene rings is 2. The molecule has 1 aliphatic rings. The molecule has 0 bridgehead atoms. The Balaban J connectivity index is 1.78. The molecule has 7 heteroatoms. The minimum Gasteiger partial charge on any atom is -0.497 e. The van der Waals surface area contributed by atoms with Crippen LogP contribution in [0.25, 0.3) is 17.0 Å². The minimum absolute atomic E-state index is 0.193. The Bertz CT molecular complexity index is 1130. The molecular formula is C24H24N4O3. The van der Waals surface area contributed by atoms with E-state index in [1.54, 1.807) is 18.1 Å². The van der Waals surface area contributed by atoms with Gasteiger partial charge in [-0.2, -0.15) is 4.98 Å². The van der Waals surface area contributed by atoms with Crippen molar-refractivity contribution in [3.8, 4) is 17.1 Å². The lowest BCUT2D eigenvalue weighted by Crippen LogP contribution is -2.46. The Morgan fingerprint density at radius 3 is 2.52 bits per heavy atom. The van der Waals surface area contributed by atoms with Crippen LogP contribution in [0.15, 0.2) is 71.4 Å². The zero-order chi connectivity index (χ0) is 22.0. The fraction of sp³-hybridized carbons (Fsp3) is 0.208. The average molecular weight is 416 g/mol. The maximum atomic E-state index is 12.8. The van der Waals surface area contributed by atoms with Gasteiger partial charge in [0.2, 0.25) is 5.82 Å². The third-order valence-corrected chi connectivity index (χ3v) is 5.32. The summed E-state index contributed by atoms with van der Waals surface area (Å²) in [7, 11) is 1.62. The summed E-state index contributed by atoms with van der Waals surface area (Å²) < 4.78 is 10.9. The van der Waals surface area contributed by atoms with Crippen LogP contribution in [0.4, 0.5) is 4.79 Å². The zero-order valence-electron chi connectivity index (χ0n) is 17.8. The number of aryl methyl sites for hydroxylation is 1. The molecule has 0 spiro atoms. The van der Waals surface area contributed by atoms with Crippen molar-refractivity contribution in [1.82, 2.24) is 20.4 Å². The van der Waals surface area contributed by atoms with Crippen molar-refractivity contribution in [1.29, 1.82) is 0 Å². The molecular weight excluding hydrogens is 392 g/mol. The average Bonchev–Trinajstić information content (AvgIpc) is 3.26. The van der Waals surface area contributed by atoms with E-state index >= 15 is 0 Å². The lowest BCUT2D eigenvalue weighted by atomic mass is 9.94. The number of urea groups is 1. The number of hydrogen-bond acceptors (Lipinski definition) is 5. The molecule has 158 valence electrons. The molecule has 0 saturated heterocycles. The van der Waals surface area contributed by atoms with Gasteiger partial charge in [-0.3, -0.25) is 4.90 Å². The maximum absolute atomic E-state index is 12.8. The van der Waals surface area contributed by atoms with Gasteiger partial charge in [-0.1, -0.05) is 41.1 Å². The van der Waals surface area contributed by atoms with Crippen LogP contribution in [-0.2, 0) is 0 Å². The van der Waals surface area contributed by atoms with E-state index in [9.17, 15) is 4.79 Å². The third-order valence-electron chi connectivity index (χ3n) is 5.32. The second-order valence-electron chi connectivity index (χ2n) is 7.34. The van der Waals surface area contributed by atoms with E-state index in [0.29, 0.717) is 18.3 Å². The van der Waals surface area contributed by atoms with Crippen LogP contribution < -0.4 is 10.1 Å². The van der Waals surface area contributed by atoms with Crippen molar-refractivity contribution in [2.75, 3.05) is 13.7 Å². The van der Waals surface area contributed by atoms with Gasteiger partial charge < -0.3 is 14.6 Å². The quantitative estimate of drug-likeness (QED) is 0.587. The van der Waals surface area contributed by atoms with E-state index in [1.165, 1.54) is 0 Å². The summed E-state index contributed by atoms with van der Waals surface area (Å²) in [5.74, 6) is 1.58. The number of carbonyl (C=O) groups is 1.